The van der Waals surface area contributed by atoms with Gasteiger partial charge in [0.05, 0.1) is 17.6 Å². The fourth-order valence-electron chi connectivity index (χ4n) is 3.24. The van der Waals surface area contributed by atoms with Gasteiger partial charge < -0.3 is 5.32 Å². The van der Waals surface area contributed by atoms with Crippen LogP contribution in [0, 0.1) is 6.92 Å². The molecule has 136 valence electrons. The monoisotopic (exact) mass is 359 g/mol. The lowest BCUT2D eigenvalue weighted by Gasteiger charge is -2.16. The topological polar surface area (TPSA) is 75.6 Å². The van der Waals surface area contributed by atoms with E-state index >= 15 is 0 Å². The molecule has 0 fully saturated rings. The lowest BCUT2D eigenvalue weighted by atomic mass is 9.91. The molecule has 0 radical (unpaired) electrons. The normalized spacial score (nSPS) is 12.2. The third-order valence-electron chi connectivity index (χ3n) is 4.71. The summed E-state index contributed by atoms with van der Waals surface area (Å²) in [5.41, 5.74) is 4.05. The molecule has 0 aliphatic rings. The van der Waals surface area contributed by atoms with Gasteiger partial charge in [0.15, 0.2) is 5.82 Å². The lowest BCUT2D eigenvalue weighted by molar-refractivity contribution is -0.117. The number of rotatable bonds is 5. The highest BCUT2D eigenvalue weighted by Gasteiger charge is 2.23. The number of fused-ring (bicyclic) bond motifs is 1. The Morgan fingerprint density at radius 2 is 1.96 bits per heavy atom. The average molecular weight is 359 g/mol. The van der Waals surface area contributed by atoms with Gasteiger partial charge in [-0.15, -0.1) is 0 Å². The Morgan fingerprint density at radius 1 is 1.19 bits per heavy atom. The van der Waals surface area contributed by atoms with Crippen LogP contribution >= 0.6 is 0 Å². The van der Waals surface area contributed by atoms with Crippen molar-refractivity contribution in [1.29, 1.82) is 0 Å². The molecule has 0 bridgehead atoms. The molecule has 4 rings (SSSR count). The highest BCUT2D eigenvalue weighted by atomic mass is 16.2. The minimum Gasteiger partial charge on any atom is -0.308 e. The van der Waals surface area contributed by atoms with Gasteiger partial charge >= 0.3 is 0 Å². The van der Waals surface area contributed by atoms with Crippen molar-refractivity contribution in [1.82, 2.24) is 20.0 Å². The number of nitrogens with one attached hydrogen (secondary N) is 2. The molecule has 0 spiro atoms. The smallest absolute Gasteiger partial charge is 0.233 e. The average Bonchev–Trinajstić information content (AvgIpc) is 3.27. The van der Waals surface area contributed by atoms with Gasteiger partial charge in [0.25, 0.3) is 0 Å². The molecule has 6 nitrogen and oxygen atoms in total. The highest BCUT2D eigenvalue weighted by Crippen LogP contribution is 2.25. The zero-order valence-electron chi connectivity index (χ0n) is 15.3. The molecular weight excluding hydrogens is 338 g/mol. The molecule has 2 heterocycles. The number of hydrogen-bond donors (Lipinski definition) is 2. The zero-order valence-corrected chi connectivity index (χ0v) is 15.3. The largest absolute Gasteiger partial charge is 0.308 e. The zero-order chi connectivity index (χ0) is 18.8. The molecule has 2 aromatic carbocycles. The standard InChI is InChI=1S/C21H21N5O/c1-14-7-9-16(10-8-14)18(11-15-12-22-26(2)13-15)21(27)23-20-17-5-3-4-6-19(17)24-25-20/h3-10,12-13,18H,11H2,1-2H3,(H2,23,24,25,27). The van der Waals surface area contributed by atoms with E-state index in [2.05, 4.69) is 20.6 Å². The number of para-hydroxylation sites is 1. The SMILES string of the molecule is Cc1ccc(C(Cc2cnn(C)c2)C(=O)Nc2n[nH]c3ccccc23)cc1. The van der Waals surface area contributed by atoms with Gasteiger partial charge in [-0.2, -0.15) is 10.2 Å². The predicted molar refractivity (Wildman–Crippen MR) is 106 cm³/mol. The van der Waals surface area contributed by atoms with Crippen LogP contribution in [0.3, 0.4) is 0 Å². The van der Waals surface area contributed by atoms with E-state index in [-0.39, 0.29) is 11.8 Å². The highest BCUT2D eigenvalue weighted by molar-refractivity contribution is 6.02. The molecule has 0 saturated carbocycles. The molecule has 0 aliphatic carbocycles. The number of aromatic nitrogens is 4. The van der Waals surface area contributed by atoms with Crippen LogP contribution in [-0.4, -0.2) is 25.9 Å². The lowest BCUT2D eigenvalue weighted by Crippen LogP contribution is -2.23. The molecule has 1 amide bonds. The number of aromatic amines is 1. The maximum absolute atomic E-state index is 13.2. The van der Waals surface area contributed by atoms with Crippen molar-refractivity contribution < 1.29 is 4.79 Å². The summed E-state index contributed by atoms with van der Waals surface area (Å²) in [5, 5.41) is 15.3. The van der Waals surface area contributed by atoms with Crippen LogP contribution in [0.2, 0.25) is 0 Å². The van der Waals surface area contributed by atoms with E-state index in [9.17, 15) is 4.79 Å². The van der Waals surface area contributed by atoms with Gasteiger partial charge in [-0.05, 0) is 36.6 Å². The molecule has 2 N–H and O–H groups in total. The first-order chi connectivity index (χ1) is 13.1. The van der Waals surface area contributed by atoms with Gasteiger partial charge in [0.2, 0.25) is 5.91 Å². The summed E-state index contributed by atoms with van der Waals surface area (Å²) in [5.74, 6) is 0.143. The van der Waals surface area contributed by atoms with Crippen LogP contribution in [0.4, 0.5) is 5.82 Å². The first-order valence-corrected chi connectivity index (χ1v) is 8.88. The van der Waals surface area contributed by atoms with Crippen LogP contribution in [-0.2, 0) is 18.3 Å². The van der Waals surface area contributed by atoms with Crippen molar-refractivity contribution in [2.45, 2.75) is 19.3 Å². The number of H-pyrrole nitrogens is 1. The number of amides is 1. The number of hydrogen-bond acceptors (Lipinski definition) is 3. The molecule has 0 saturated heterocycles. The van der Waals surface area contributed by atoms with Crippen LogP contribution in [0.25, 0.3) is 10.9 Å². The Morgan fingerprint density at radius 3 is 2.70 bits per heavy atom. The predicted octanol–water partition coefficient (Wildman–Crippen LogP) is 3.57. The summed E-state index contributed by atoms with van der Waals surface area (Å²) < 4.78 is 1.75. The molecule has 0 aliphatic heterocycles. The Balaban J connectivity index is 1.64. The van der Waals surface area contributed by atoms with Gasteiger partial charge in [0, 0.05) is 18.6 Å². The first kappa shape index (κ1) is 17.0. The Labute approximate surface area is 157 Å². The van der Waals surface area contributed by atoms with E-state index in [4.69, 9.17) is 0 Å². The fraction of sp³-hybridized carbons (Fsp3) is 0.190. The minimum absolute atomic E-state index is 0.0834. The molecule has 1 unspecified atom stereocenters. The first-order valence-electron chi connectivity index (χ1n) is 8.88. The number of benzene rings is 2. The van der Waals surface area contributed by atoms with Crippen molar-refractivity contribution in [3.8, 4) is 0 Å². The third-order valence-corrected chi connectivity index (χ3v) is 4.71. The second kappa shape index (κ2) is 7.07. The van der Waals surface area contributed by atoms with Gasteiger partial charge in [0.1, 0.15) is 0 Å². The molecule has 4 aromatic rings. The molecule has 27 heavy (non-hydrogen) atoms. The van der Waals surface area contributed by atoms with Crippen molar-refractivity contribution in [2.75, 3.05) is 5.32 Å². The third kappa shape index (κ3) is 3.60. The molecule has 6 heteroatoms. The van der Waals surface area contributed by atoms with Crippen molar-refractivity contribution >= 4 is 22.6 Å². The van der Waals surface area contributed by atoms with E-state index in [1.807, 2.05) is 68.7 Å². The maximum Gasteiger partial charge on any atom is 0.233 e. The van der Waals surface area contributed by atoms with Gasteiger partial charge in [-0.3, -0.25) is 14.6 Å². The Kier molecular flexibility index (Phi) is 4.46. The maximum atomic E-state index is 13.2. The van der Waals surface area contributed by atoms with Gasteiger partial charge in [-0.1, -0.05) is 42.0 Å². The van der Waals surface area contributed by atoms with E-state index in [0.717, 1.165) is 27.6 Å². The number of nitrogens with zero attached hydrogens (tertiary/aromatic N) is 3. The quantitative estimate of drug-likeness (QED) is 0.572. The van der Waals surface area contributed by atoms with Crippen molar-refractivity contribution in [3.63, 3.8) is 0 Å². The molecule has 1 atom stereocenters. The minimum atomic E-state index is -0.328. The summed E-state index contributed by atoms with van der Waals surface area (Å²) in [6, 6.07) is 15.8. The second-order valence-corrected chi connectivity index (χ2v) is 6.80. The summed E-state index contributed by atoms with van der Waals surface area (Å²) in [6.07, 6.45) is 4.32. The molecule has 2 aromatic heterocycles. The number of carbonyl (C=O) groups excluding carboxylic acids is 1. The second-order valence-electron chi connectivity index (χ2n) is 6.80. The number of aryl methyl sites for hydroxylation is 2. The van der Waals surface area contributed by atoms with E-state index in [1.165, 1.54) is 0 Å². The summed E-state index contributed by atoms with van der Waals surface area (Å²) in [4.78, 5) is 13.2. The summed E-state index contributed by atoms with van der Waals surface area (Å²) in [7, 11) is 1.88. The van der Waals surface area contributed by atoms with Crippen LogP contribution < -0.4 is 5.32 Å². The van der Waals surface area contributed by atoms with Crippen molar-refractivity contribution in [3.05, 3.63) is 77.6 Å². The Bertz CT molecular complexity index is 1080. The van der Waals surface area contributed by atoms with Crippen molar-refractivity contribution in [2.24, 2.45) is 7.05 Å². The fourth-order valence-corrected chi connectivity index (χ4v) is 3.24. The van der Waals surface area contributed by atoms with Crippen LogP contribution in [0.15, 0.2) is 60.9 Å². The van der Waals surface area contributed by atoms with Crippen LogP contribution in [0.5, 0.6) is 0 Å². The van der Waals surface area contributed by atoms with E-state index in [1.54, 1.807) is 10.9 Å². The number of carbonyl (C=O) groups is 1. The van der Waals surface area contributed by atoms with Crippen LogP contribution in [0.1, 0.15) is 22.6 Å². The van der Waals surface area contributed by atoms with E-state index < -0.39 is 0 Å². The van der Waals surface area contributed by atoms with E-state index in [0.29, 0.717) is 12.2 Å². The molecular formula is C21H21N5O. The van der Waals surface area contributed by atoms with Gasteiger partial charge in [-0.25, -0.2) is 0 Å². The number of anilines is 1. The Hall–Kier alpha value is -3.41. The summed E-state index contributed by atoms with van der Waals surface area (Å²) >= 11 is 0. The summed E-state index contributed by atoms with van der Waals surface area (Å²) in [6.45, 7) is 2.04.